The molecule has 1 heterocycles. The molecule has 1 rings (SSSR count). The summed E-state index contributed by atoms with van der Waals surface area (Å²) >= 11 is 5.41. The van der Waals surface area contributed by atoms with Gasteiger partial charge in [0.25, 0.3) is 0 Å². The van der Waals surface area contributed by atoms with Gasteiger partial charge >= 0.3 is 0 Å². The summed E-state index contributed by atoms with van der Waals surface area (Å²) in [6, 6.07) is 3.63. The number of hydroxylamine groups is 1. The van der Waals surface area contributed by atoms with Crippen molar-refractivity contribution in [3.05, 3.63) is 20.3 Å². The van der Waals surface area contributed by atoms with Gasteiger partial charge in [-0.05, 0) is 50.7 Å². The van der Waals surface area contributed by atoms with Crippen LogP contribution < -0.4 is 5.48 Å². The topological polar surface area (TPSA) is 57.5 Å². The van der Waals surface area contributed by atoms with Crippen molar-refractivity contribution in [3.8, 4) is 0 Å². The minimum absolute atomic E-state index is 0.531. The van der Waals surface area contributed by atoms with E-state index < -0.39 is 0 Å². The largest absolute Gasteiger partial charge is 0.290 e. The standard InChI is InChI=1S/C6H5BrIN3O/c7-6-4(8)1-2-5(11-6)9-3-10-12/h1-3,12H,(H,9,10,11). The van der Waals surface area contributed by atoms with Gasteiger partial charge in [0.2, 0.25) is 0 Å². The van der Waals surface area contributed by atoms with Crippen molar-refractivity contribution in [2.75, 3.05) is 0 Å². The van der Waals surface area contributed by atoms with E-state index in [0.717, 1.165) is 14.5 Å². The molecule has 0 fully saturated rings. The van der Waals surface area contributed by atoms with Crippen LogP contribution in [-0.4, -0.2) is 16.5 Å². The molecule has 1 aromatic rings. The molecule has 6 heteroatoms. The lowest BCUT2D eigenvalue weighted by atomic mass is 10.5. The Balaban J connectivity index is 2.89. The highest BCUT2D eigenvalue weighted by Crippen LogP contribution is 2.19. The molecule has 0 saturated heterocycles. The Bertz CT molecular complexity index is 305. The molecule has 0 saturated carbocycles. The Kier molecular flexibility index (Phi) is 3.89. The maximum absolute atomic E-state index is 8.21. The van der Waals surface area contributed by atoms with Gasteiger partial charge in [-0.1, -0.05) is 0 Å². The summed E-state index contributed by atoms with van der Waals surface area (Å²) < 4.78 is 1.76. The molecule has 12 heavy (non-hydrogen) atoms. The molecular weight excluding hydrogens is 337 g/mol. The fourth-order valence-electron chi connectivity index (χ4n) is 0.575. The van der Waals surface area contributed by atoms with Crippen molar-refractivity contribution in [2.45, 2.75) is 0 Å². The zero-order chi connectivity index (χ0) is 8.97. The van der Waals surface area contributed by atoms with Gasteiger partial charge in [-0.3, -0.25) is 10.7 Å². The lowest BCUT2D eigenvalue weighted by Gasteiger charge is -1.95. The minimum atomic E-state index is 0.531. The number of hydrogen-bond donors (Lipinski definition) is 2. The van der Waals surface area contributed by atoms with Gasteiger partial charge in [-0.15, -0.1) is 0 Å². The van der Waals surface area contributed by atoms with Crippen LogP contribution in [0.2, 0.25) is 0 Å². The molecule has 0 spiro atoms. The molecule has 0 aromatic carbocycles. The van der Waals surface area contributed by atoms with Crippen LogP contribution in [0.4, 0.5) is 5.82 Å². The Morgan fingerprint density at radius 1 is 1.67 bits per heavy atom. The highest BCUT2D eigenvalue weighted by molar-refractivity contribution is 14.1. The van der Waals surface area contributed by atoms with Gasteiger partial charge < -0.3 is 0 Å². The summed E-state index contributed by atoms with van der Waals surface area (Å²) in [6.07, 6.45) is 1.15. The van der Waals surface area contributed by atoms with Crippen molar-refractivity contribution in [2.24, 2.45) is 4.99 Å². The van der Waals surface area contributed by atoms with Crippen LogP contribution in [0.5, 0.6) is 0 Å². The van der Waals surface area contributed by atoms with Crippen LogP contribution in [0.3, 0.4) is 0 Å². The van der Waals surface area contributed by atoms with Gasteiger partial charge in [0, 0.05) is 3.57 Å². The molecule has 4 nitrogen and oxygen atoms in total. The van der Waals surface area contributed by atoms with E-state index in [1.807, 2.05) is 6.07 Å². The van der Waals surface area contributed by atoms with Crippen molar-refractivity contribution in [3.63, 3.8) is 0 Å². The number of nitrogens with zero attached hydrogens (tertiary/aromatic N) is 2. The average molecular weight is 342 g/mol. The predicted octanol–water partition coefficient (Wildman–Crippen LogP) is 2.09. The number of hydrogen-bond acceptors (Lipinski definition) is 3. The Morgan fingerprint density at radius 2 is 2.42 bits per heavy atom. The Hall–Kier alpha value is -0.210. The van der Waals surface area contributed by atoms with E-state index in [9.17, 15) is 0 Å². The number of rotatable bonds is 2. The van der Waals surface area contributed by atoms with Gasteiger partial charge in [-0.25, -0.2) is 9.98 Å². The van der Waals surface area contributed by atoms with Crippen LogP contribution in [0, 0.1) is 3.57 Å². The SMILES string of the molecule is ONC=Nc1ccc(I)c(Br)n1. The second kappa shape index (κ2) is 4.73. The van der Waals surface area contributed by atoms with Crippen molar-refractivity contribution < 1.29 is 5.21 Å². The molecule has 2 N–H and O–H groups in total. The third-order valence-corrected chi connectivity index (χ3v) is 3.26. The van der Waals surface area contributed by atoms with Crippen LogP contribution in [0.25, 0.3) is 0 Å². The van der Waals surface area contributed by atoms with E-state index >= 15 is 0 Å². The van der Waals surface area contributed by atoms with Gasteiger partial charge in [0.05, 0.1) is 0 Å². The third kappa shape index (κ3) is 2.68. The minimum Gasteiger partial charge on any atom is -0.290 e. The first-order valence-electron chi connectivity index (χ1n) is 2.98. The van der Waals surface area contributed by atoms with E-state index in [1.165, 1.54) is 0 Å². The molecule has 0 aliphatic carbocycles. The van der Waals surface area contributed by atoms with Crippen molar-refractivity contribution >= 4 is 50.7 Å². The summed E-state index contributed by atoms with van der Waals surface area (Å²) in [5.74, 6) is 0.531. The molecule has 0 bridgehead atoms. The third-order valence-electron chi connectivity index (χ3n) is 1.04. The maximum Gasteiger partial charge on any atom is 0.155 e. The van der Waals surface area contributed by atoms with Gasteiger partial charge in [0.1, 0.15) is 10.9 Å². The zero-order valence-corrected chi connectivity index (χ0v) is 9.57. The molecule has 0 aliphatic rings. The van der Waals surface area contributed by atoms with E-state index in [1.54, 1.807) is 11.5 Å². The highest BCUT2D eigenvalue weighted by atomic mass is 127. The molecule has 1 aromatic heterocycles. The van der Waals surface area contributed by atoms with Crippen LogP contribution >= 0.6 is 38.5 Å². The van der Waals surface area contributed by atoms with E-state index in [4.69, 9.17) is 5.21 Å². The molecule has 64 valence electrons. The summed E-state index contributed by atoms with van der Waals surface area (Å²) in [5.41, 5.74) is 1.80. The lowest BCUT2D eigenvalue weighted by Crippen LogP contribution is -2.01. The van der Waals surface area contributed by atoms with Gasteiger partial charge in [0.15, 0.2) is 5.82 Å². The van der Waals surface area contributed by atoms with Crippen LogP contribution in [-0.2, 0) is 0 Å². The fourth-order valence-corrected chi connectivity index (χ4v) is 1.19. The summed E-state index contributed by atoms with van der Waals surface area (Å²) in [6.45, 7) is 0. The molecule has 0 unspecified atom stereocenters. The fraction of sp³-hybridized carbons (Fsp3) is 0. The highest BCUT2D eigenvalue weighted by Gasteiger charge is 1.97. The quantitative estimate of drug-likeness (QED) is 0.285. The normalized spacial score (nSPS) is 10.6. The Labute approximate surface area is 91.3 Å². The number of nitrogens with one attached hydrogen (secondary N) is 1. The lowest BCUT2D eigenvalue weighted by molar-refractivity contribution is 0.240. The second-order valence-electron chi connectivity index (χ2n) is 1.83. The first-order chi connectivity index (χ1) is 5.74. The number of aromatic nitrogens is 1. The van der Waals surface area contributed by atoms with Crippen molar-refractivity contribution in [1.29, 1.82) is 0 Å². The number of aliphatic imine (C=N–C) groups is 1. The Morgan fingerprint density at radius 3 is 3.00 bits per heavy atom. The average Bonchev–Trinajstić information content (AvgIpc) is 2.07. The van der Waals surface area contributed by atoms with E-state index in [2.05, 4.69) is 48.5 Å². The smallest absolute Gasteiger partial charge is 0.155 e. The summed E-state index contributed by atoms with van der Waals surface area (Å²) in [4.78, 5) is 7.87. The molecule has 0 atom stereocenters. The predicted molar refractivity (Wildman–Crippen MR) is 57.7 cm³/mol. The van der Waals surface area contributed by atoms with Crippen molar-refractivity contribution in [1.82, 2.24) is 10.5 Å². The molecule has 0 aliphatic heterocycles. The van der Waals surface area contributed by atoms with Gasteiger partial charge in [-0.2, -0.15) is 0 Å². The maximum atomic E-state index is 8.21. The molecular formula is C6H5BrIN3O. The van der Waals surface area contributed by atoms with E-state index in [0.29, 0.717) is 5.82 Å². The van der Waals surface area contributed by atoms with E-state index in [-0.39, 0.29) is 0 Å². The first-order valence-corrected chi connectivity index (χ1v) is 4.85. The first kappa shape index (κ1) is 9.87. The second-order valence-corrected chi connectivity index (χ2v) is 3.74. The summed E-state index contributed by atoms with van der Waals surface area (Å²) in [7, 11) is 0. The zero-order valence-electron chi connectivity index (χ0n) is 5.83. The van der Waals surface area contributed by atoms with Crippen LogP contribution in [0.15, 0.2) is 21.7 Å². The number of pyridine rings is 1. The molecule has 0 radical (unpaired) electrons. The molecule has 0 amide bonds. The van der Waals surface area contributed by atoms with Crippen LogP contribution in [0.1, 0.15) is 0 Å². The number of halogens is 2. The monoisotopic (exact) mass is 341 g/mol. The summed E-state index contributed by atoms with van der Waals surface area (Å²) in [5, 5.41) is 8.21.